The van der Waals surface area contributed by atoms with Gasteiger partial charge in [0.1, 0.15) is 0 Å². The molecule has 0 unspecified atom stereocenters. The van der Waals surface area contributed by atoms with E-state index in [1.165, 1.54) is 11.3 Å². The second kappa shape index (κ2) is 7.30. The smallest absolute Gasteiger partial charge is 0.261 e. The van der Waals surface area contributed by atoms with Crippen LogP contribution < -0.4 is 10.0 Å². The van der Waals surface area contributed by atoms with Gasteiger partial charge >= 0.3 is 0 Å². The first-order chi connectivity index (χ1) is 10.1. The molecule has 21 heavy (non-hydrogen) atoms. The Hall–Kier alpha value is -1.77. The molecule has 2 aromatic heterocycles. The molecule has 0 atom stereocenters. The molecule has 8 heteroatoms. The summed E-state index contributed by atoms with van der Waals surface area (Å²) in [4.78, 5) is 16.1. The molecule has 0 saturated heterocycles. The van der Waals surface area contributed by atoms with Crippen LogP contribution in [0.15, 0.2) is 42.0 Å². The summed E-state index contributed by atoms with van der Waals surface area (Å²) in [7, 11) is -3.43. The topological polar surface area (TPSA) is 88.2 Å². The normalized spacial score (nSPS) is 11.2. The maximum absolute atomic E-state index is 11.8. The van der Waals surface area contributed by atoms with Gasteiger partial charge in [-0.05, 0) is 23.1 Å². The van der Waals surface area contributed by atoms with Crippen molar-refractivity contribution >= 4 is 27.3 Å². The van der Waals surface area contributed by atoms with E-state index in [2.05, 4.69) is 15.0 Å². The maximum atomic E-state index is 11.8. The Morgan fingerprint density at radius 1 is 1.29 bits per heavy atom. The van der Waals surface area contributed by atoms with E-state index in [1.807, 2.05) is 0 Å². The number of carbonyl (C=O) groups is 1. The van der Waals surface area contributed by atoms with Gasteiger partial charge in [-0.25, -0.2) is 13.1 Å². The van der Waals surface area contributed by atoms with Crippen molar-refractivity contribution in [2.75, 3.05) is 12.3 Å². The van der Waals surface area contributed by atoms with Crippen LogP contribution in [0.2, 0.25) is 0 Å². The molecule has 0 aromatic carbocycles. The summed E-state index contributed by atoms with van der Waals surface area (Å²) < 4.78 is 26.1. The Balaban J connectivity index is 1.75. The highest BCUT2D eigenvalue weighted by molar-refractivity contribution is 7.89. The number of pyridine rings is 1. The summed E-state index contributed by atoms with van der Waals surface area (Å²) in [5.74, 6) is -0.419. The fraction of sp³-hybridized carbons (Fsp3) is 0.231. The van der Waals surface area contributed by atoms with Crippen LogP contribution in [0.4, 0.5) is 0 Å². The average Bonchev–Trinajstić information content (AvgIpc) is 3.00. The third-order valence-corrected chi connectivity index (χ3v) is 4.81. The first-order valence-corrected chi connectivity index (χ1v) is 8.78. The standard InChI is InChI=1S/C13H15N3O3S2/c17-13(12-4-2-7-20-12)15-6-8-21(18,19)16-10-11-3-1-5-14-9-11/h1-5,7,9,16H,6,8,10H2,(H,15,17). The predicted octanol–water partition coefficient (Wildman–Crippen LogP) is 0.993. The lowest BCUT2D eigenvalue weighted by molar-refractivity contribution is 0.0960. The Labute approximate surface area is 127 Å². The lowest BCUT2D eigenvalue weighted by atomic mass is 10.3. The molecule has 2 rings (SSSR count). The van der Waals surface area contributed by atoms with Gasteiger partial charge in [0.25, 0.3) is 5.91 Å². The van der Waals surface area contributed by atoms with Gasteiger partial charge in [0.05, 0.1) is 10.6 Å². The number of sulfonamides is 1. The van der Waals surface area contributed by atoms with Gasteiger partial charge in [-0.3, -0.25) is 9.78 Å². The summed E-state index contributed by atoms with van der Waals surface area (Å²) in [6.45, 7) is 0.258. The lowest BCUT2D eigenvalue weighted by Crippen LogP contribution is -2.34. The average molecular weight is 325 g/mol. The van der Waals surface area contributed by atoms with E-state index < -0.39 is 10.0 Å². The number of nitrogens with one attached hydrogen (secondary N) is 2. The number of aromatic nitrogens is 1. The summed E-state index contributed by atoms with van der Waals surface area (Å²) in [6.07, 6.45) is 3.22. The third-order valence-electron chi connectivity index (χ3n) is 2.62. The van der Waals surface area contributed by atoms with Crippen molar-refractivity contribution in [3.8, 4) is 0 Å². The first-order valence-electron chi connectivity index (χ1n) is 6.25. The van der Waals surface area contributed by atoms with Crippen molar-refractivity contribution in [1.82, 2.24) is 15.0 Å². The zero-order chi connectivity index (χ0) is 15.1. The first kappa shape index (κ1) is 15.6. The van der Waals surface area contributed by atoms with Crippen LogP contribution >= 0.6 is 11.3 Å². The number of thiophene rings is 1. The van der Waals surface area contributed by atoms with Gasteiger partial charge in [0, 0.05) is 25.5 Å². The van der Waals surface area contributed by atoms with Gasteiger partial charge in [0.2, 0.25) is 10.0 Å². The molecule has 2 aromatic rings. The number of amides is 1. The third kappa shape index (κ3) is 5.25. The minimum atomic E-state index is -3.43. The number of hydrogen-bond acceptors (Lipinski definition) is 5. The fourth-order valence-corrected chi connectivity index (χ4v) is 3.10. The van der Waals surface area contributed by atoms with E-state index in [1.54, 1.807) is 42.0 Å². The quantitative estimate of drug-likeness (QED) is 0.795. The molecule has 0 spiro atoms. The highest BCUT2D eigenvalue weighted by Gasteiger charge is 2.12. The van der Waals surface area contributed by atoms with E-state index in [-0.39, 0.29) is 24.7 Å². The van der Waals surface area contributed by atoms with Gasteiger partial charge in [-0.1, -0.05) is 12.1 Å². The SMILES string of the molecule is O=C(NCCS(=O)(=O)NCc1cccnc1)c1cccs1. The van der Waals surface area contributed by atoms with Crippen LogP contribution in [0.1, 0.15) is 15.2 Å². The minimum Gasteiger partial charge on any atom is -0.350 e. The summed E-state index contributed by atoms with van der Waals surface area (Å²) in [5.41, 5.74) is 0.781. The number of hydrogen-bond donors (Lipinski definition) is 2. The molecule has 0 fully saturated rings. The summed E-state index contributed by atoms with van der Waals surface area (Å²) >= 11 is 1.31. The number of rotatable bonds is 7. The second-order valence-corrected chi connectivity index (χ2v) is 7.11. The fourth-order valence-electron chi connectivity index (χ4n) is 1.56. The predicted molar refractivity (Wildman–Crippen MR) is 81.5 cm³/mol. The highest BCUT2D eigenvalue weighted by atomic mass is 32.2. The van der Waals surface area contributed by atoms with Crippen molar-refractivity contribution < 1.29 is 13.2 Å². The molecule has 0 aliphatic rings. The zero-order valence-electron chi connectivity index (χ0n) is 11.2. The Morgan fingerprint density at radius 2 is 2.14 bits per heavy atom. The van der Waals surface area contributed by atoms with Gasteiger partial charge in [0.15, 0.2) is 0 Å². The van der Waals surface area contributed by atoms with Crippen LogP contribution in [-0.4, -0.2) is 31.6 Å². The van der Waals surface area contributed by atoms with E-state index >= 15 is 0 Å². The van der Waals surface area contributed by atoms with Crippen molar-refractivity contribution in [2.45, 2.75) is 6.54 Å². The minimum absolute atomic E-state index is 0.0686. The molecule has 0 bridgehead atoms. The molecule has 6 nitrogen and oxygen atoms in total. The molecule has 0 aliphatic carbocycles. The molecule has 2 heterocycles. The maximum Gasteiger partial charge on any atom is 0.261 e. The van der Waals surface area contributed by atoms with Crippen LogP contribution in [0.25, 0.3) is 0 Å². The Bertz CT molecular complexity index is 670. The van der Waals surface area contributed by atoms with Crippen molar-refractivity contribution in [2.24, 2.45) is 0 Å². The van der Waals surface area contributed by atoms with Crippen LogP contribution in [0.3, 0.4) is 0 Å². The molecule has 1 amide bonds. The van der Waals surface area contributed by atoms with Crippen molar-refractivity contribution in [3.05, 3.63) is 52.5 Å². The molecule has 0 saturated carbocycles. The Kier molecular flexibility index (Phi) is 5.43. The molecule has 112 valence electrons. The van der Waals surface area contributed by atoms with E-state index in [0.29, 0.717) is 4.88 Å². The molecule has 0 aliphatic heterocycles. The van der Waals surface area contributed by atoms with E-state index in [9.17, 15) is 13.2 Å². The van der Waals surface area contributed by atoms with Gasteiger partial charge in [-0.2, -0.15) is 0 Å². The van der Waals surface area contributed by atoms with E-state index in [0.717, 1.165) is 5.56 Å². The number of carbonyl (C=O) groups excluding carboxylic acids is 1. The van der Waals surface area contributed by atoms with Crippen LogP contribution in [0, 0.1) is 0 Å². The summed E-state index contributed by atoms with van der Waals surface area (Å²) in [6, 6.07) is 6.99. The number of nitrogens with zero attached hydrogens (tertiary/aromatic N) is 1. The molecular formula is C13H15N3O3S2. The highest BCUT2D eigenvalue weighted by Crippen LogP contribution is 2.07. The van der Waals surface area contributed by atoms with Crippen molar-refractivity contribution in [1.29, 1.82) is 0 Å². The molecule has 0 radical (unpaired) electrons. The van der Waals surface area contributed by atoms with E-state index in [4.69, 9.17) is 0 Å². The van der Waals surface area contributed by atoms with Gasteiger partial charge in [-0.15, -0.1) is 11.3 Å². The van der Waals surface area contributed by atoms with Crippen LogP contribution in [0.5, 0.6) is 0 Å². The lowest BCUT2D eigenvalue weighted by Gasteiger charge is -2.07. The Morgan fingerprint density at radius 3 is 2.81 bits per heavy atom. The zero-order valence-corrected chi connectivity index (χ0v) is 12.8. The largest absolute Gasteiger partial charge is 0.350 e. The summed E-state index contributed by atoms with van der Waals surface area (Å²) in [5, 5.41) is 4.37. The van der Waals surface area contributed by atoms with Gasteiger partial charge < -0.3 is 5.32 Å². The monoisotopic (exact) mass is 325 g/mol. The van der Waals surface area contributed by atoms with Crippen molar-refractivity contribution in [3.63, 3.8) is 0 Å². The van der Waals surface area contributed by atoms with Crippen LogP contribution in [-0.2, 0) is 16.6 Å². The second-order valence-electron chi connectivity index (χ2n) is 4.23. The molecular weight excluding hydrogens is 310 g/mol. The molecule has 2 N–H and O–H groups in total.